The zero-order chi connectivity index (χ0) is 38.7. The summed E-state index contributed by atoms with van der Waals surface area (Å²) < 4.78 is 22.0. The molecule has 0 bridgehead atoms. The molecule has 8 atom stereocenters. The lowest BCUT2D eigenvalue weighted by molar-refractivity contribution is -0.151. The summed E-state index contributed by atoms with van der Waals surface area (Å²) in [6.07, 6.45) is 0.984. The topological polar surface area (TPSA) is 179 Å². The Labute approximate surface area is 308 Å². The van der Waals surface area contributed by atoms with Gasteiger partial charge in [-0.05, 0) is 30.2 Å². The number of nitrogens with two attached hydrogens (primary N) is 1. The highest BCUT2D eigenvalue weighted by molar-refractivity contribution is 5.93. The molecule has 0 saturated carbocycles. The van der Waals surface area contributed by atoms with Gasteiger partial charge in [0.1, 0.15) is 17.6 Å². The van der Waals surface area contributed by atoms with Crippen LogP contribution in [0.4, 0.5) is 0 Å². The summed E-state index contributed by atoms with van der Waals surface area (Å²) in [4.78, 5) is 70.8. The van der Waals surface area contributed by atoms with Crippen molar-refractivity contribution in [1.82, 2.24) is 20.4 Å². The van der Waals surface area contributed by atoms with Gasteiger partial charge >= 0.3 is 5.97 Å². The van der Waals surface area contributed by atoms with E-state index in [4.69, 9.17) is 24.7 Å². The van der Waals surface area contributed by atoms with Crippen molar-refractivity contribution in [2.24, 2.45) is 23.5 Å². The molecule has 2 aliphatic rings. The Bertz CT molecular complexity index is 1360. The molecule has 52 heavy (non-hydrogen) atoms. The Balaban J connectivity index is 1.76. The smallest absolute Gasteiger partial charge is 0.328 e. The molecule has 2 heterocycles. The first-order valence-corrected chi connectivity index (χ1v) is 18.3. The highest BCUT2D eigenvalue weighted by Crippen LogP contribution is 2.30. The van der Waals surface area contributed by atoms with Gasteiger partial charge in [0.05, 0.1) is 57.0 Å². The van der Waals surface area contributed by atoms with Crippen LogP contribution in [0.25, 0.3) is 0 Å². The van der Waals surface area contributed by atoms with Crippen molar-refractivity contribution in [2.45, 2.75) is 109 Å². The number of carbonyl (C=O) groups is 5. The van der Waals surface area contributed by atoms with Crippen LogP contribution in [0.1, 0.15) is 65.9 Å². The third-order valence-electron chi connectivity index (χ3n) is 10.7. The zero-order valence-corrected chi connectivity index (χ0v) is 32.4. The molecule has 14 nitrogen and oxygen atoms in total. The van der Waals surface area contributed by atoms with Crippen LogP contribution in [0.2, 0.25) is 0 Å². The normalized spacial score (nSPS) is 20.8. The van der Waals surface area contributed by atoms with Crippen molar-refractivity contribution in [2.75, 3.05) is 48.1 Å². The molecule has 1 aromatic rings. The molecule has 0 spiro atoms. The van der Waals surface area contributed by atoms with E-state index in [-0.39, 0.29) is 55.6 Å². The fourth-order valence-corrected chi connectivity index (χ4v) is 7.27. The third kappa shape index (κ3) is 10.3. The molecule has 2 aliphatic heterocycles. The molecule has 0 unspecified atom stereocenters. The van der Waals surface area contributed by atoms with Crippen LogP contribution in [0, 0.1) is 17.8 Å². The molecule has 2 fully saturated rings. The summed E-state index contributed by atoms with van der Waals surface area (Å²) in [5.74, 6) is -2.86. The van der Waals surface area contributed by atoms with Crippen molar-refractivity contribution >= 4 is 29.6 Å². The molecular weight excluding hydrogens is 670 g/mol. The predicted octanol–water partition coefficient (Wildman–Crippen LogP) is 1.68. The van der Waals surface area contributed by atoms with E-state index in [1.165, 1.54) is 21.3 Å². The van der Waals surface area contributed by atoms with Gasteiger partial charge < -0.3 is 45.1 Å². The van der Waals surface area contributed by atoms with E-state index in [0.717, 1.165) is 12.0 Å². The van der Waals surface area contributed by atoms with Crippen LogP contribution < -0.4 is 16.4 Å². The van der Waals surface area contributed by atoms with Crippen molar-refractivity contribution < 1.29 is 42.9 Å². The first-order valence-electron chi connectivity index (χ1n) is 18.3. The maximum atomic E-state index is 14.1. The first kappa shape index (κ1) is 42.8. The van der Waals surface area contributed by atoms with Crippen LogP contribution >= 0.6 is 0 Å². The molecule has 4 N–H and O–H groups in total. The lowest BCUT2D eigenvalue weighted by Gasteiger charge is -2.42. The van der Waals surface area contributed by atoms with Crippen LogP contribution in [-0.2, 0) is 49.3 Å². The molecular formula is C38H61N5O9. The average molecular weight is 732 g/mol. The number of likely N-dealkylation sites (tertiary alicyclic amines) is 1. The number of nitrogens with zero attached hydrogens (tertiary/aromatic N) is 2. The van der Waals surface area contributed by atoms with Crippen LogP contribution in [-0.4, -0.2) is 129 Å². The minimum atomic E-state index is -1.17. The molecule has 14 heteroatoms. The van der Waals surface area contributed by atoms with Gasteiger partial charge in [-0.25, -0.2) is 4.79 Å². The monoisotopic (exact) mass is 731 g/mol. The van der Waals surface area contributed by atoms with Crippen molar-refractivity contribution in [3.05, 3.63) is 35.9 Å². The Kier molecular flexibility index (Phi) is 16.0. The van der Waals surface area contributed by atoms with Crippen LogP contribution in [0.15, 0.2) is 30.3 Å². The predicted molar refractivity (Wildman–Crippen MR) is 195 cm³/mol. The van der Waals surface area contributed by atoms with Gasteiger partial charge in [-0.3, -0.25) is 19.2 Å². The Hall–Kier alpha value is -3.59. The largest absolute Gasteiger partial charge is 0.467 e. The quantitative estimate of drug-likeness (QED) is 0.177. The number of hydrogen-bond acceptors (Lipinski definition) is 10. The minimum Gasteiger partial charge on any atom is -0.467 e. The molecule has 0 radical (unpaired) electrons. The zero-order valence-electron chi connectivity index (χ0n) is 32.4. The van der Waals surface area contributed by atoms with Crippen molar-refractivity contribution in [3.8, 4) is 0 Å². The third-order valence-corrected chi connectivity index (χ3v) is 10.7. The number of carbonyl (C=O) groups excluding carboxylic acids is 5. The van der Waals surface area contributed by atoms with E-state index in [2.05, 4.69) is 10.6 Å². The average Bonchev–Trinajstić information content (AvgIpc) is 3.61. The molecule has 2 saturated heterocycles. The van der Waals surface area contributed by atoms with Crippen molar-refractivity contribution in [3.63, 3.8) is 0 Å². The summed E-state index contributed by atoms with van der Waals surface area (Å²) in [7, 11) is 6.01. The van der Waals surface area contributed by atoms with E-state index >= 15 is 0 Å². The van der Waals surface area contributed by atoms with E-state index in [1.807, 2.05) is 58.0 Å². The Morgan fingerprint density at radius 3 is 2.19 bits per heavy atom. The molecule has 292 valence electrons. The standard InChI is InChI=1S/C38H61N5O9/c1-10-24(4)32(42(6)35(46)31(23(2)3)41-37(48)38(39)21-52-22-38)29(49-7)20-30(44)43-18-14-17-28(43)33(50-8)25(5)34(45)40-27(36(47)51-9)19-26-15-12-11-13-16-26/h11-13,15-16,23-25,27-29,31-33H,10,14,17-22,39H2,1-9H3,(H,40,45)(H,41,48)/t24-,25+,27+,28-,29+,31-,32-,33+/m0/s1. The lowest BCUT2D eigenvalue weighted by atomic mass is 9.89. The lowest BCUT2D eigenvalue weighted by Crippen LogP contribution is -2.69. The van der Waals surface area contributed by atoms with Crippen LogP contribution in [0.5, 0.6) is 0 Å². The van der Waals surface area contributed by atoms with Gasteiger partial charge in [0.2, 0.25) is 23.6 Å². The summed E-state index contributed by atoms with van der Waals surface area (Å²) in [6, 6.07) is 6.72. The van der Waals surface area contributed by atoms with Gasteiger partial charge in [0.25, 0.3) is 0 Å². The van der Waals surface area contributed by atoms with Gasteiger partial charge in [-0.2, -0.15) is 0 Å². The summed E-state index contributed by atoms with van der Waals surface area (Å²) in [5, 5.41) is 5.69. The number of hydrogen-bond donors (Lipinski definition) is 3. The number of ether oxygens (including phenoxy) is 4. The maximum absolute atomic E-state index is 14.1. The number of likely N-dealkylation sites (N-methyl/N-ethyl adjacent to an activating group) is 1. The van der Waals surface area contributed by atoms with E-state index in [1.54, 1.807) is 23.8 Å². The van der Waals surface area contributed by atoms with E-state index in [9.17, 15) is 24.0 Å². The van der Waals surface area contributed by atoms with Crippen LogP contribution in [0.3, 0.4) is 0 Å². The highest BCUT2D eigenvalue weighted by Gasteiger charge is 2.46. The van der Waals surface area contributed by atoms with Gasteiger partial charge in [-0.1, -0.05) is 71.4 Å². The fourth-order valence-electron chi connectivity index (χ4n) is 7.27. The molecule has 4 amide bonds. The Morgan fingerprint density at radius 1 is 1.02 bits per heavy atom. The number of amides is 4. The highest BCUT2D eigenvalue weighted by atomic mass is 16.5. The number of rotatable bonds is 19. The second-order valence-corrected chi connectivity index (χ2v) is 14.7. The van der Waals surface area contributed by atoms with Crippen molar-refractivity contribution in [1.29, 1.82) is 0 Å². The number of esters is 1. The summed E-state index contributed by atoms with van der Waals surface area (Å²) in [5.41, 5.74) is 5.86. The maximum Gasteiger partial charge on any atom is 0.328 e. The van der Waals surface area contributed by atoms with E-state index in [0.29, 0.717) is 19.4 Å². The summed E-state index contributed by atoms with van der Waals surface area (Å²) >= 11 is 0. The Morgan fingerprint density at radius 2 is 1.67 bits per heavy atom. The van der Waals surface area contributed by atoms with E-state index < -0.39 is 59.7 Å². The second-order valence-electron chi connectivity index (χ2n) is 14.7. The van der Waals surface area contributed by atoms with Gasteiger partial charge in [0, 0.05) is 34.2 Å². The molecule has 1 aromatic carbocycles. The number of benzene rings is 1. The summed E-state index contributed by atoms with van der Waals surface area (Å²) in [6.45, 7) is 10.1. The minimum absolute atomic E-state index is 0.0138. The molecule has 0 aliphatic carbocycles. The number of methoxy groups -OCH3 is 3. The SMILES string of the molecule is CC[C@H](C)[C@@H]([C@@H](CC(=O)N1CCC[C@H]1[C@H](OC)[C@@H](C)C(=O)N[C@H](Cc1ccccc1)C(=O)OC)OC)N(C)C(=O)[C@@H](NC(=O)C1(N)COC1)C(C)C. The van der Waals surface area contributed by atoms with Gasteiger partial charge in [-0.15, -0.1) is 0 Å². The fraction of sp³-hybridized carbons (Fsp3) is 0.711. The first-order chi connectivity index (χ1) is 24.6. The molecule has 0 aromatic heterocycles. The number of nitrogens with one attached hydrogen (secondary N) is 2. The molecule has 3 rings (SSSR count). The van der Waals surface area contributed by atoms with Gasteiger partial charge in [0.15, 0.2) is 0 Å². The second kappa shape index (κ2) is 19.5.